The fraction of sp³-hybridized carbons (Fsp3) is 0.150. The van der Waals surface area contributed by atoms with Crippen molar-refractivity contribution in [1.82, 2.24) is 9.78 Å². The molecule has 0 aliphatic carbocycles. The van der Waals surface area contributed by atoms with E-state index < -0.39 is 0 Å². The van der Waals surface area contributed by atoms with Crippen LogP contribution in [0.2, 0.25) is 0 Å². The maximum atomic E-state index is 13.0. The lowest BCUT2D eigenvalue weighted by Crippen LogP contribution is -2.42. The number of carbonyl (C=O) groups excluding carboxylic acids is 2. The van der Waals surface area contributed by atoms with Crippen molar-refractivity contribution in [3.8, 4) is 5.69 Å². The van der Waals surface area contributed by atoms with Gasteiger partial charge in [0.2, 0.25) is 5.91 Å². The second kappa shape index (κ2) is 6.15. The molecule has 0 saturated carbocycles. The molecule has 3 aromatic rings. The van der Waals surface area contributed by atoms with Gasteiger partial charge in [-0.2, -0.15) is 5.10 Å². The first-order chi connectivity index (χ1) is 12.5. The smallest absolute Gasteiger partial charge is 0.258 e. The summed E-state index contributed by atoms with van der Waals surface area (Å²) in [6, 6.07) is 16.6. The second-order valence-electron chi connectivity index (χ2n) is 6.34. The van der Waals surface area contributed by atoms with Crippen LogP contribution in [-0.2, 0) is 4.79 Å². The van der Waals surface area contributed by atoms with Crippen molar-refractivity contribution in [3.05, 3.63) is 71.5 Å². The van der Waals surface area contributed by atoms with E-state index in [1.54, 1.807) is 18.2 Å². The van der Waals surface area contributed by atoms with Gasteiger partial charge in [-0.05, 0) is 56.3 Å². The van der Waals surface area contributed by atoms with E-state index in [0.717, 1.165) is 17.1 Å². The highest BCUT2D eigenvalue weighted by molar-refractivity contribution is 6.15. The molecule has 0 atom stereocenters. The number of nitrogens with one attached hydrogen (secondary N) is 1. The number of aromatic nitrogens is 2. The minimum atomic E-state index is -0.202. The van der Waals surface area contributed by atoms with Crippen molar-refractivity contribution < 1.29 is 9.59 Å². The van der Waals surface area contributed by atoms with E-state index in [9.17, 15) is 9.59 Å². The second-order valence-corrected chi connectivity index (χ2v) is 6.34. The minimum absolute atomic E-state index is 0.00899. The first kappa shape index (κ1) is 16.1. The first-order valence-corrected chi connectivity index (χ1v) is 8.37. The van der Waals surface area contributed by atoms with Crippen LogP contribution in [0, 0.1) is 13.8 Å². The maximum Gasteiger partial charge on any atom is 0.258 e. The van der Waals surface area contributed by atoms with E-state index in [1.807, 2.05) is 54.9 Å². The van der Waals surface area contributed by atoms with E-state index in [-0.39, 0.29) is 18.4 Å². The third kappa shape index (κ3) is 2.75. The third-order valence-corrected chi connectivity index (χ3v) is 4.38. The Bertz CT molecular complexity index is 1000. The molecule has 1 N–H and O–H groups in total. The molecule has 0 bridgehead atoms. The first-order valence-electron chi connectivity index (χ1n) is 8.37. The molecule has 0 radical (unpaired) electrons. The molecule has 2 heterocycles. The number of para-hydroxylation sites is 2. The van der Waals surface area contributed by atoms with Crippen LogP contribution < -0.4 is 10.2 Å². The number of hydrogen-bond donors (Lipinski definition) is 1. The van der Waals surface area contributed by atoms with Gasteiger partial charge in [-0.1, -0.05) is 12.1 Å². The van der Waals surface area contributed by atoms with Crippen LogP contribution in [0.15, 0.2) is 54.6 Å². The molecule has 130 valence electrons. The molecule has 1 aliphatic heterocycles. The highest BCUT2D eigenvalue weighted by atomic mass is 16.2. The van der Waals surface area contributed by atoms with E-state index in [4.69, 9.17) is 0 Å². The molecule has 26 heavy (non-hydrogen) atoms. The normalized spacial score (nSPS) is 13.3. The summed E-state index contributed by atoms with van der Waals surface area (Å²) in [5, 5.41) is 7.24. The number of amides is 2. The summed E-state index contributed by atoms with van der Waals surface area (Å²) in [7, 11) is 0. The number of carbonyl (C=O) groups is 2. The van der Waals surface area contributed by atoms with E-state index in [2.05, 4.69) is 10.4 Å². The summed E-state index contributed by atoms with van der Waals surface area (Å²) in [4.78, 5) is 26.4. The van der Waals surface area contributed by atoms with Crippen molar-refractivity contribution in [3.63, 3.8) is 0 Å². The van der Waals surface area contributed by atoms with Gasteiger partial charge in [0.25, 0.3) is 5.91 Å². The monoisotopic (exact) mass is 346 g/mol. The molecular weight excluding hydrogens is 328 g/mol. The molecule has 4 rings (SSSR count). The van der Waals surface area contributed by atoms with Crippen LogP contribution in [0.5, 0.6) is 0 Å². The third-order valence-electron chi connectivity index (χ3n) is 4.38. The summed E-state index contributed by atoms with van der Waals surface area (Å²) >= 11 is 0. The predicted molar refractivity (Wildman–Crippen MR) is 99.8 cm³/mol. The van der Waals surface area contributed by atoms with Crippen LogP contribution in [0.1, 0.15) is 21.7 Å². The molecule has 6 nitrogen and oxygen atoms in total. The van der Waals surface area contributed by atoms with Gasteiger partial charge in [0.1, 0.15) is 6.54 Å². The quantitative estimate of drug-likeness (QED) is 0.775. The van der Waals surface area contributed by atoms with Crippen LogP contribution in [0.3, 0.4) is 0 Å². The Morgan fingerprint density at radius 2 is 1.81 bits per heavy atom. The number of fused-ring (bicyclic) bond motifs is 1. The number of rotatable bonds is 2. The molecule has 6 heteroatoms. The van der Waals surface area contributed by atoms with Gasteiger partial charge in [0.15, 0.2) is 0 Å². The van der Waals surface area contributed by atoms with Crippen LogP contribution in [0.25, 0.3) is 5.69 Å². The molecular formula is C20H18N4O2. The Labute approximate surface area is 151 Å². The molecule has 1 aromatic heterocycles. The SMILES string of the molecule is Cc1cc(C)n(-c2ccc(C(=O)N3CC(=O)Nc4ccccc43)cc2)n1. The van der Waals surface area contributed by atoms with Gasteiger partial charge in [-0.15, -0.1) is 0 Å². The zero-order valence-electron chi connectivity index (χ0n) is 14.6. The largest absolute Gasteiger partial charge is 0.323 e. The molecule has 0 fully saturated rings. The Morgan fingerprint density at radius 3 is 2.50 bits per heavy atom. The number of anilines is 2. The van der Waals surface area contributed by atoms with Crippen LogP contribution in [0.4, 0.5) is 11.4 Å². The maximum absolute atomic E-state index is 13.0. The van der Waals surface area contributed by atoms with Crippen molar-refractivity contribution in [2.24, 2.45) is 0 Å². The van der Waals surface area contributed by atoms with E-state index in [1.165, 1.54) is 4.90 Å². The van der Waals surface area contributed by atoms with Gasteiger partial charge >= 0.3 is 0 Å². The van der Waals surface area contributed by atoms with Gasteiger partial charge in [-0.25, -0.2) is 4.68 Å². The Hall–Kier alpha value is -3.41. The van der Waals surface area contributed by atoms with E-state index in [0.29, 0.717) is 16.9 Å². The number of nitrogens with zero attached hydrogens (tertiary/aromatic N) is 3. The van der Waals surface area contributed by atoms with Crippen LogP contribution >= 0.6 is 0 Å². The Kier molecular flexibility index (Phi) is 3.80. The predicted octanol–water partition coefficient (Wildman–Crippen LogP) is 3.09. The number of hydrogen-bond acceptors (Lipinski definition) is 3. The highest BCUT2D eigenvalue weighted by Crippen LogP contribution is 2.30. The Morgan fingerprint density at radius 1 is 1.08 bits per heavy atom. The van der Waals surface area contributed by atoms with Crippen LogP contribution in [-0.4, -0.2) is 28.1 Å². The zero-order chi connectivity index (χ0) is 18.3. The summed E-state index contributed by atoms with van der Waals surface area (Å²) in [6.45, 7) is 3.94. The number of benzene rings is 2. The zero-order valence-corrected chi connectivity index (χ0v) is 14.6. The van der Waals surface area contributed by atoms with Crippen molar-refractivity contribution in [2.45, 2.75) is 13.8 Å². The van der Waals surface area contributed by atoms with Gasteiger partial charge in [0, 0.05) is 11.3 Å². The molecule has 2 aromatic carbocycles. The van der Waals surface area contributed by atoms with E-state index >= 15 is 0 Å². The standard InChI is InChI=1S/C20H18N4O2/c1-13-11-14(2)24(22-13)16-9-7-15(8-10-16)20(26)23-12-19(25)21-17-5-3-4-6-18(17)23/h3-11H,12H2,1-2H3,(H,21,25). The molecule has 1 aliphatic rings. The van der Waals surface area contributed by atoms with Gasteiger partial charge < -0.3 is 5.32 Å². The Balaban J connectivity index is 1.65. The lowest BCUT2D eigenvalue weighted by Gasteiger charge is -2.29. The topological polar surface area (TPSA) is 67.2 Å². The molecule has 0 spiro atoms. The molecule has 0 saturated heterocycles. The molecule has 2 amide bonds. The average molecular weight is 346 g/mol. The number of aryl methyl sites for hydroxylation is 2. The van der Waals surface area contributed by atoms with Crippen molar-refractivity contribution in [1.29, 1.82) is 0 Å². The molecule has 0 unspecified atom stereocenters. The van der Waals surface area contributed by atoms with Gasteiger partial charge in [0.05, 0.1) is 22.8 Å². The fourth-order valence-electron chi connectivity index (χ4n) is 3.21. The summed E-state index contributed by atoms with van der Waals surface area (Å²) in [6.07, 6.45) is 0. The van der Waals surface area contributed by atoms with Crippen molar-refractivity contribution >= 4 is 23.2 Å². The summed E-state index contributed by atoms with van der Waals surface area (Å²) in [5.41, 5.74) is 4.75. The fourth-order valence-corrected chi connectivity index (χ4v) is 3.21. The lowest BCUT2D eigenvalue weighted by atomic mass is 10.1. The van der Waals surface area contributed by atoms with Gasteiger partial charge in [-0.3, -0.25) is 14.5 Å². The summed E-state index contributed by atoms with van der Waals surface area (Å²) < 4.78 is 1.84. The highest BCUT2D eigenvalue weighted by Gasteiger charge is 2.27. The minimum Gasteiger partial charge on any atom is -0.323 e. The lowest BCUT2D eigenvalue weighted by molar-refractivity contribution is -0.115. The average Bonchev–Trinajstić information content (AvgIpc) is 2.98. The summed E-state index contributed by atoms with van der Waals surface area (Å²) in [5.74, 6) is -0.400. The van der Waals surface area contributed by atoms with Crippen molar-refractivity contribution in [2.75, 3.05) is 16.8 Å².